The van der Waals surface area contributed by atoms with E-state index in [-0.39, 0.29) is 5.97 Å². The van der Waals surface area contributed by atoms with E-state index in [9.17, 15) is 4.79 Å². The maximum absolute atomic E-state index is 11.4. The van der Waals surface area contributed by atoms with Gasteiger partial charge in [0.1, 0.15) is 6.04 Å². The molecule has 5 nitrogen and oxygen atoms in total. The summed E-state index contributed by atoms with van der Waals surface area (Å²) >= 11 is 1.62. The number of hydrogen-bond donors (Lipinski definition) is 1. The van der Waals surface area contributed by atoms with Crippen molar-refractivity contribution in [2.75, 3.05) is 12.4 Å². The Kier molecular flexibility index (Phi) is 5.91. The summed E-state index contributed by atoms with van der Waals surface area (Å²) in [6.45, 7) is 2.16. The number of thioether (sulfide) groups is 1. The minimum Gasteiger partial charge on any atom is -0.465 e. The smallest absolute Gasteiger partial charge is 0.323 e. The number of carbonyl (C=O) groups excluding carboxylic acids is 1. The molecule has 2 rings (SSSR count). The van der Waals surface area contributed by atoms with Crippen LogP contribution in [-0.2, 0) is 15.3 Å². The van der Waals surface area contributed by atoms with Crippen LogP contribution in [0, 0.1) is 0 Å². The molecule has 0 radical (unpaired) electrons. The first-order valence-corrected chi connectivity index (χ1v) is 8.40. The molecule has 0 amide bonds. The molecule has 20 heavy (non-hydrogen) atoms. The van der Waals surface area contributed by atoms with Crippen molar-refractivity contribution in [3.8, 4) is 0 Å². The average molecular weight is 297 g/mol. The zero-order valence-corrected chi connectivity index (χ0v) is 12.8. The van der Waals surface area contributed by atoms with Crippen molar-refractivity contribution in [2.24, 2.45) is 5.73 Å². The van der Waals surface area contributed by atoms with Crippen LogP contribution in [0.5, 0.6) is 0 Å². The van der Waals surface area contributed by atoms with Gasteiger partial charge in [-0.3, -0.25) is 9.48 Å². The molecule has 1 aliphatic rings. The van der Waals surface area contributed by atoms with E-state index < -0.39 is 6.04 Å². The molecule has 1 unspecified atom stereocenters. The van der Waals surface area contributed by atoms with Gasteiger partial charge in [0.15, 0.2) is 0 Å². The maximum Gasteiger partial charge on any atom is 0.323 e. The normalized spacial score (nSPS) is 17.3. The second kappa shape index (κ2) is 7.69. The Bertz CT molecular complexity index is 430. The van der Waals surface area contributed by atoms with E-state index in [4.69, 9.17) is 10.5 Å². The van der Waals surface area contributed by atoms with Gasteiger partial charge in [-0.05, 0) is 25.8 Å². The number of aromatic nitrogens is 2. The summed E-state index contributed by atoms with van der Waals surface area (Å²) in [5.41, 5.74) is 6.80. The largest absolute Gasteiger partial charge is 0.465 e. The van der Waals surface area contributed by atoms with E-state index >= 15 is 0 Å². The van der Waals surface area contributed by atoms with E-state index in [1.54, 1.807) is 18.7 Å². The van der Waals surface area contributed by atoms with Gasteiger partial charge in [-0.1, -0.05) is 12.8 Å². The predicted octanol–water partition coefficient (Wildman–Crippen LogP) is 2.12. The fourth-order valence-corrected chi connectivity index (χ4v) is 3.31. The van der Waals surface area contributed by atoms with Crippen molar-refractivity contribution in [2.45, 2.75) is 50.4 Å². The van der Waals surface area contributed by atoms with E-state index in [0.29, 0.717) is 18.4 Å². The summed E-state index contributed by atoms with van der Waals surface area (Å²) in [6, 6.07) is 2.09. The third kappa shape index (κ3) is 4.24. The molecule has 1 aromatic rings. The van der Waals surface area contributed by atoms with Crippen molar-refractivity contribution in [3.05, 3.63) is 18.0 Å². The van der Waals surface area contributed by atoms with Gasteiger partial charge in [-0.2, -0.15) is 16.9 Å². The summed E-state index contributed by atoms with van der Waals surface area (Å²) in [4.78, 5) is 11.4. The Morgan fingerprint density at radius 3 is 3.05 bits per heavy atom. The fourth-order valence-electron chi connectivity index (χ4n) is 2.43. The second-order valence-corrected chi connectivity index (χ2v) is 6.13. The highest BCUT2D eigenvalue weighted by Crippen LogP contribution is 2.29. The molecule has 2 N–H and O–H groups in total. The van der Waals surface area contributed by atoms with Crippen LogP contribution in [0.25, 0.3) is 0 Å². The predicted molar refractivity (Wildman–Crippen MR) is 80.5 cm³/mol. The first-order valence-electron chi connectivity index (χ1n) is 7.24. The van der Waals surface area contributed by atoms with Gasteiger partial charge < -0.3 is 10.5 Å². The quantitative estimate of drug-likeness (QED) is 0.781. The second-order valence-electron chi connectivity index (χ2n) is 5.10. The standard InChI is InChI=1S/C14H23N3O2S/c1-2-19-14(18)13(15)10-20-9-11-7-8-17(16-11)12-5-3-4-6-12/h7-8,12-13H,2-6,9-10,15H2,1H3. The summed E-state index contributed by atoms with van der Waals surface area (Å²) < 4.78 is 6.97. The van der Waals surface area contributed by atoms with Crippen LogP contribution in [0.4, 0.5) is 0 Å². The molecule has 6 heteroatoms. The van der Waals surface area contributed by atoms with Gasteiger partial charge in [0.05, 0.1) is 18.3 Å². The highest BCUT2D eigenvalue weighted by atomic mass is 32.2. The van der Waals surface area contributed by atoms with E-state index in [0.717, 1.165) is 11.4 Å². The van der Waals surface area contributed by atoms with Crippen molar-refractivity contribution < 1.29 is 9.53 Å². The van der Waals surface area contributed by atoms with Crippen molar-refractivity contribution >= 4 is 17.7 Å². The van der Waals surface area contributed by atoms with Crippen LogP contribution in [0.3, 0.4) is 0 Å². The Balaban J connectivity index is 1.72. The van der Waals surface area contributed by atoms with Gasteiger partial charge >= 0.3 is 5.97 Å². The molecule has 1 saturated carbocycles. The molecule has 0 aliphatic heterocycles. The van der Waals surface area contributed by atoms with Gasteiger partial charge in [-0.25, -0.2) is 0 Å². The zero-order valence-electron chi connectivity index (χ0n) is 12.0. The summed E-state index contributed by atoms with van der Waals surface area (Å²) in [5.74, 6) is 1.03. The number of hydrogen-bond acceptors (Lipinski definition) is 5. The van der Waals surface area contributed by atoms with Crippen molar-refractivity contribution in [1.82, 2.24) is 9.78 Å². The monoisotopic (exact) mass is 297 g/mol. The molecule has 0 spiro atoms. The molecule has 1 atom stereocenters. The molecule has 0 aromatic carbocycles. The van der Waals surface area contributed by atoms with Crippen LogP contribution < -0.4 is 5.73 Å². The molecule has 1 aliphatic carbocycles. The Morgan fingerprint density at radius 1 is 1.60 bits per heavy atom. The van der Waals surface area contributed by atoms with Crippen LogP contribution in [0.1, 0.15) is 44.3 Å². The lowest BCUT2D eigenvalue weighted by Crippen LogP contribution is -2.34. The van der Waals surface area contributed by atoms with Crippen LogP contribution >= 0.6 is 11.8 Å². The molecule has 1 heterocycles. The number of nitrogens with zero attached hydrogens (tertiary/aromatic N) is 2. The lowest BCUT2D eigenvalue weighted by atomic mass is 10.3. The lowest BCUT2D eigenvalue weighted by Gasteiger charge is -2.10. The fraction of sp³-hybridized carbons (Fsp3) is 0.714. The molecular weight excluding hydrogens is 274 g/mol. The van der Waals surface area contributed by atoms with Crippen LogP contribution in [0.2, 0.25) is 0 Å². The van der Waals surface area contributed by atoms with Crippen molar-refractivity contribution in [1.29, 1.82) is 0 Å². The highest BCUT2D eigenvalue weighted by molar-refractivity contribution is 7.98. The Labute approximate surface area is 124 Å². The molecule has 0 bridgehead atoms. The molecule has 1 fully saturated rings. The van der Waals surface area contributed by atoms with Crippen LogP contribution in [-0.4, -0.2) is 34.2 Å². The lowest BCUT2D eigenvalue weighted by molar-refractivity contribution is -0.144. The Morgan fingerprint density at radius 2 is 2.35 bits per heavy atom. The molecular formula is C14H23N3O2S. The number of ether oxygens (including phenoxy) is 1. The van der Waals surface area contributed by atoms with E-state index in [1.807, 2.05) is 0 Å². The highest BCUT2D eigenvalue weighted by Gasteiger charge is 2.18. The van der Waals surface area contributed by atoms with Crippen LogP contribution in [0.15, 0.2) is 12.3 Å². The first-order chi connectivity index (χ1) is 9.70. The SMILES string of the molecule is CCOC(=O)C(N)CSCc1ccn(C2CCCC2)n1. The van der Waals surface area contributed by atoms with E-state index in [2.05, 4.69) is 22.0 Å². The topological polar surface area (TPSA) is 70.1 Å². The first kappa shape index (κ1) is 15.4. The minimum atomic E-state index is -0.545. The molecule has 0 saturated heterocycles. The van der Waals surface area contributed by atoms with Gasteiger partial charge in [-0.15, -0.1) is 0 Å². The number of esters is 1. The van der Waals surface area contributed by atoms with Crippen molar-refractivity contribution in [3.63, 3.8) is 0 Å². The minimum absolute atomic E-state index is 0.323. The summed E-state index contributed by atoms with van der Waals surface area (Å²) in [5, 5.41) is 4.61. The summed E-state index contributed by atoms with van der Waals surface area (Å²) in [6.07, 6.45) is 7.16. The number of carbonyl (C=O) groups is 1. The van der Waals surface area contributed by atoms with Gasteiger partial charge in [0, 0.05) is 17.7 Å². The zero-order chi connectivity index (χ0) is 14.4. The third-order valence-corrected chi connectivity index (χ3v) is 4.59. The number of rotatable bonds is 7. The average Bonchev–Trinajstić information content (AvgIpc) is 3.09. The van der Waals surface area contributed by atoms with Gasteiger partial charge in [0.25, 0.3) is 0 Å². The van der Waals surface area contributed by atoms with Gasteiger partial charge in [0.2, 0.25) is 0 Å². The maximum atomic E-state index is 11.4. The number of nitrogens with two attached hydrogens (primary N) is 1. The van der Waals surface area contributed by atoms with E-state index in [1.165, 1.54) is 25.7 Å². The summed E-state index contributed by atoms with van der Waals surface area (Å²) in [7, 11) is 0. The third-order valence-electron chi connectivity index (χ3n) is 3.50. The molecule has 112 valence electrons. The molecule has 1 aromatic heterocycles. The Hall–Kier alpha value is -1.01.